The molecule has 0 aromatic carbocycles. The molecule has 6 heteroatoms. The molecule has 3 N–H and O–H groups in total. The van der Waals surface area contributed by atoms with E-state index in [4.69, 9.17) is 9.79 Å². The van der Waals surface area contributed by atoms with E-state index in [1.54, 1.807) is 25.4 Å². The van der Waals surface area contributed by atoms with Crippen molar-refractivity contribution >= 4 is 21.1 Å². The highest BCUT2D eigenvalue weighted by Crippen LogP contribution is 2.15. The Morgan fingerprint density at radius 3 is 1.77 bits per heavy atom. The van der Waals surface area contributed by atoms with Crippen LogP contribution in [0.2, 0.25) is 0 Å². The van der Waals surface area contributed by atoms with E-state index in [2.05, 4.69) is 21.9 Å². The van der Waals surface area contributed by atoms with Gasteiger partial charge in [-0.1, -0.05) is 64.4 Å². The van der Waals surface area contributed by atoms with Gasteiger partial charge in [-0.25, -0.2) is 9.97 Å². The Kier molecular flexibility index (Phi) is 15.6. The lowest BCUT2D eigenvalue weighted by Gasteiger charge is -2.05. The normalized spacial score (nSPS) is 14.7. The van der Waals surface area contributed by atoms with Crippen LogP contribution in [0.5, 0.6) is 0 Å². The van der Waals surface area contributed by atoms with E-state index >= 15 is 0 Å². The number of nitrogens with zero attached hydrogens (tertiary/aromatic N) is 2. The quantitative estimate of drug-likeness (QED) is 0.711. The van der Waals surface area contributed by atoms with Crippen molar-refractivity contribution in [3.63, 3.8) is 0 Å². The molecule has 0 amide bonds. The standard InChI is InChI=1S/C7H9N3.C5H10.C4H8.H3O2P/c1-3-6-4-5-9-7(8-2)10-6;1-2-4-5-3-1;1-2-4-3-1;1-3-2/h3-5H,1H2,2H3,(H,8,9,10);1-5H2;1-4H2;1-3H. The molecule has 1 aromatic rings. The van der Waals surface area contributed by atoms with Gasteiger partial charge in [-0.05, 0) is 12.1 Å². The van der Waals surface area contributed by atoms with E-state index in [1.165, 1.54) is 57.8 Å². The third-order valence-corrected chi connectivity index (χ3v) is 3.36. The molecule has 0 atom stereocenters. The lowest BCUT2D eigenvalue weighted by Crippen LogP contribution is -1.95. The van der Waals surface area contributed by atoms with Gasteiger partial charge in [-0.2, -0.15) is 0 Å². The molecule has 0 aliphatic heterocycles. The Bertz CT molecular complexity index is 359. The minimum absolute atomic E-state index is 0.623. The fourth-order valence-corrected chi connectivity index (χ4v) is 1.74. The zero-order valence-corrected chi connectivity index (χ0v) is 14.6. The van der Waals surface area contributed by atoms with E-state index in [0.717, 1.165) is 5.69 Å². The lowest BCUT2D eigenvalue weighted by molar-refractivity contribution is 0.504. The van der Waals surface area contributed by atoms with Gasteiger partial charge < -0.3 is 15.1 Å². The zero-order valence-electron chi connectivity index (χ0n) is 13.6. The van der Waals surface area contributed by atoms with Crippen LogP contribution in [0.25, 0.3) is 6.08 Å². The van der Waals surface area contributed by atoms with Crippen molar-refractivity contribution in [2.24, 2.45) is 0 Å². The number of aromatic nitrogens is 2. The van der Waals surface area contributed by atoms with Gasteiger partial charge in [0.2, 0.25) is 5.95 Å². The van der Waals surface area contributed by atoms with Crippen LogP contribution >= 0.6 is 9.03 Å². The summed E-state index contributed by atoms with van der Waals surface area (Å²) in [6, 6.07) is 1.80. The van der Waals surface area contributed by atoms with Crippen LogP contribution < -0.4 is 5.32 Å². The van der Waals surface area contributed by atoms with Crippen molar-refractivity contribution < 1.29 is 9.79 Å². The summed E-state index contributed by atoms with van der Waals surface area (Å²) in [6.45, 7) is 3.59. The first kappa shape index (κ1) is 21.0. The second kappa shape index (κ2) is 16.3. The lowest BCUT2D eigenvalue weighted by atomic mass is 10.0. The molecule has 2 aliphatic rings. The van der Waals surface area contributed by atoms with E-state index in [1.807, 2.05) is 0 Å². The fourth-order valence-electron chi connectivity index (χ4n) is 1.74. The number of nitrogens with one attached hydrogen (secondary N) is 1. The highest BCUT2D eigenvalue weighted by atomic mass is 31.1. The molecule has 0 spiro atoms. The van der Waals surface area contributed by atoms with Gasteiger partial charge in [0.1, 0.15) is 9.03 Å². The van der Waals surface area contributed by atoms with Crippen molar-refractivity contribution in [2.75, 3.05) is 12.4 Å². The van der Waals surface area contributed by atoms with Crippen LogP contribution in [0, 0.1) is 0 Å². The van der Waals surface area contributed by atoms with Crippen LogP contribution in [0.4, 0.5) is 5.95 Å². The molecule has 0 radical (unpaired) electrons. The molecule has 1 heterocycles. The summed E-state index contributed by atoms with van der Waals surface area (Å²) in [7, 11) is 0.863. The van der Waals surface area contributed by atoms with Crippen molar-refractivity contribution in [3.8, 4) is 0 Å². The fraction of sp³-hybridized carbons (Fsp3) is 0.625. The van der Waals surface area contributed by atoms with Crippen molar-refractivity contribution in [2.45, 2.75) is 57.8 Å². The van der Waals surface area contributed by atoms with Crippen molar-refractivity contribution in [1.29, 1.82) is 0 Å². The molecule has 0 unspecified atom stereocenters. The van der Waals surface area contributed by atoms with Gasteiger partial charge in [-0.3, -0.25) is 0 Å². The van der Waals surface area contributed by atoms with Crippen LogP contribution in [0.3, 0.4) is 0 Å². The van der Waals surface area contributed by atoms with Crippen molar-refractivity contribution in [1.82, 2.24) is 9.97 Å². The molecule has 2 aliphatic carbocycles. The first-order chi connectivity index (χ1) is 10.8. The monoisotopic (exact) mass is 327 g/mol. The Balaban J connectivity index is 0.000000306. The third-order valence-electron chi connectivity index (χ3n) is 3.36. The van der Waals surface area contributed by atoms with Crippen LogP contribution in [0.1, 0.15) is 63.5 Å². The predicted molar refractivity (Wildman–Crippen MR) is 96.0 cm³/mol. The summed E-state index contributed by atoms with van der Waals surface area (Å²) >= 11 is 0. The van der Waals surface area contributed by atoms with Gasteiger partial charge in [0.15, 0.2) is 0 Å². The van der Waals surface area contributed by atoms with E-state index in [0.29, 0.717) is 5.95 Å². The molecular weight excluding hydrogens is 297 g/mol. The molecule has 0 saturated heterocycles. The Labute approximate surface area is 136 Å². The van der Waals surface area contributed by atoms with Crippen LogP contribution in [0.15, 0.2) is 18.8 Å². The number of rotatable bonds is 2. The third kappa shape index (κ3) is 12.7. The second-order valence-electron chi connectivity index (χ2n) is 5.04. The van der Waals surface area contributed by atoms with Crippen molar-refractivity contribution in [3.05, 3.63) is 24.5 Å². The van der Waals surface area contributed by atoms with Crippen LogP contribution in [-0.4, -0.2) is 26.8 Å². The van der Waals surface area contributed by atoms with Gasteiger partial charge in [0, 0.05) is 13.2 Å². The smallest absolute Gasteiger partial charge is 0.222 e. The van der Waals surface area contributed by atoms with Gasteiger partial charge in [0.05, 0.1) is 5.69 Å². The Morgan fingerprint density at radius 2 is 1.45 bits per heavy atom. The van der Waals surface area contributed by atoms with Gasteiger partial charge >= 0.3 is 0 Å². The molecule has 22 heavy (non-hydrogen) atoms. The van der Waals surface area contributed by atoms with Gasteiger partial charge in [-0.15, -0.1) is 0 Å². The average molecular weight is 327 g/mol. The van der Waals surface area contributed by atoms with E-state index in [-0.39, 0.29) is 0 Å². The summed E-state index contributed by atoms with van der Waals surface area (Å²) in [5, 5.41) is 2.83. The Hall–Kier alpha value is -1.03. The highest BCUT2D eigenvalue weighted by Gasteiger charge is 1.95. The molecular formula is C16H30N3O2P. The average Bonchev–Trinajstić information content (AvgIpc) is 3.06. The maximum absolute atomic E-state index is 7.15. The Morgan fingerprint density at radius 1 is 1.05 bits per heavy atom. The zero-order chi connectivity index (χ0) is 16.5. The molecule has 0 bridgehead atoms. The minimum atomic E-state index is -0.917. The van der Waals surface area contributed by atoms with Crippen LogP contribution in [-0.2, 0) is 0 Å². The number of anilines is 1. The second-order valence-corrected chi connectivity index (χ2v) is 5.24. The van der Waals surface area contributed by atoms with E-state index in [9.17, 15) is 0 Å². The first-order valence-corrected chi connectivity index (χ1v) is 8.84. The molecule has 3 rings (SSSR count). The van der Waals surface area contributed by atoms with E-state index < -0.39 is 9.03 Å². The molecule has 2 saturated carbocycles. The minimum Gasteiger partial charge on any atom is -0.357 e. The molecule has 126 valence electrons. The van der Waals surface area contributed by atoms with Gasteiger partial charge in [0.25, 0.3) is 0 Å². The predicted octanol–water partition coefficient (Wildman–Crippen LogP) is 4.15. The molecule has 1 aromatic heterocycles. The number of hydrogen-bond acceptors (Lipinski definition) is 5. The summed E-state index contributed by atoms with van der Waals surface area (Å²) in [5.74, 6) is 0.623. The summed E-state index contributed by atoms with van der Waals surface area (Å²) in [4.78, 5) is 22.3. The first-order valence-electron chi connectivity index (χ1n) is 7.95. The largest absolute Gasteiger partial charge is 0.357 e. The summed E-state index contributed by atoms with van der Waals surface area (Å²) in [6.07, 6.45) is 16.9. The maximum atomic E-state index is 7.15. The molecule has 5 nitrogen and oxygen atoms in total. The SMILES string of the molecule is C1CCC1.C1CCCC1.C=Cc1ccnc(NC)n1.OPO. The highest BCUT2D eigenvalue weighted by molar-refractivity contribution is 7.23. The summed E-state index contributed by atoms with van der Waals surface area (Å²) in [5.41, 5.74) is 0.833. The summed E-state index contributed by atoms with van der Waals surface area (Å²) < 4.78 is 0. The number of hydrogen-bond donors (Lipinski definition) is 3. The topological polar surface area (TPSA) is 78.3 Å². The molecule has 2 fully saturated rings. The maximum Gasteiger partial charge on any atom is 0.222 e.